The highest BCUT2D eigenvalue weighted by atomic mass is 35.5. The summed E-state index contributed by atoms with van der Waals surface area (Å²) in [4.78, 5) is 22.2. The molecule has 0 aliphatic rings. The Labute approximate surface area is 193 Å². The maximum absolute atomic E-state index is 11.5. The molecule has 0 fully saturated rings. The van der Waals surface area contributed by atoms with Crippen LogP contribution in [-0.2, 0) is 9.53 Å². The first-order valence-electron chi connectivity index (χ1n) is 9.25. The zero-order chi connectivity index (χ0) is 23.1. The summed E-state index contributed by atoms with van der Waals surface area (Å²) in [7, 11) is 1.28. The van der Waals surface area contributed by atoms with Crippen molar-refractivity contribution in [2.45, 2.75) is 6.42 Å². The van der Waals surface area contributed by atoms with Gasteiger partial charge in [0.05, 0.1) is 30.1 Å². The summed E-state index contributed by atoms with van der Waals surface area (Å²) in [6.07, 6.45) is 0.0379. The molecule has 0 aromatic heterocycles. The molecule has 8 nitrogen and oxygen atoms in total. The van der Waals surface area contributed by atoms with Crippen LogP contribution in [0.25, 0.3) is 0 Å². The normalized spacial score (nSPS) is 10.3. The van der Waals surface area contributed by atoms with E-state index in [-0.39, 0.29) is 41.0 Å². The number of hydrogen-bond acceptors (Lipinski definition) is 7. The molecule has 0 atom stereocenters. The lowest BCUT2D eigenvalue weighted by Gasteiger charge is -2.13. The van der Waals surface area contributed by atoms with E-state index >= 15 is 0 Å². The van der Waals surface area contributed by atoms with Crippen LogP contribution in [0.3, 0.4) is 0 Å². The Balaban J connectivity index is 1.86. The number of esters is 1. The van der Waals surface area contributed by atoms with Crippen molar-refractivity contribution in [1.29, 1.82) is 0 Å². The summed E-state index contributed by atoms with van der Waals surface area (Å²) in [5, 5.41) is 12.2. The molecular weight excluding hydrogens is 461 g/mol. The summed E-state index contributed by atoms with van der Waals surface area (Å²) in [6, 6.07) is 15.3. The average molecular weight is 478 g/mol. The number of rotatable bonds is 9. The van der Waals surface area contributed by atoms with Gasteiger partial charge in [0.1, 0.15) is 11.5 Å². The standard InChI is InChI=1S/C22H17Cl2NO7/c1-29-22(26)10-11-30-19-4-2-3-5-20(19)32-21-13-15(7-8-17(21)25(27)28)31-18-9-6-14(23)12-16(18)24/h2-9,12-13H,10-11H2,1H3. The molecule has 0 radical (unpaired) electrons. The van der Waals surface area contributed by atoms with Crippen LogP contribution in [0, 0.1) is 10.1 Å². The molecule has 0 saturated carbocycles. The molecule has 0 heterocycles. The number of hydrogen-bond donors (Lipinski definition) is 0. The Kier molecular flexibility index (Phi) is 7.75. The molecule has 0 aliphatic heterocycles. The van der Waals surface area contributed by atoms with Gasteiger partial charge in [-0.05, 0) is 36.4 Å². The Morgan fingerprint density at radius 1 is 0.938 bits per heavy atom. The van der Waals surface area contributed by atoms with Crippen molar-refractivity contribution in [1.82, 2.24) is 0 Å². The second kappa shape index (κ2) is 10.7. The Morgan fingerprint density at radius 3 is 2.38 bits per heavy atom. The second-order valence-corrected chi connectivity index (χ2v) is 7.13. The monoisotopic (exact) mass is 477 g/mol. The highest BCUT2D eigenvalue weighted by Crippen LogP contribution is 2.40. The molecule has 0 saturated heterocycles. The largest absolute Gasteiger partial charge is 0.489 e. The topological polar surface area (TPSA) is 97.1 Å². The number of nitro groups is 1. The van der Waals surface area contributed by atoms with E-state index in [4.69, 9.17) is 37.4 Å². The number of benzene rings is 3. The van der Waals surface area contributed by atoms with E-state index in [9.17, 15) is 14.9 Å². The number of halogens is 2. The number of nitrogens with zero attached hydrogens (tertiary/aromatic N) is 1. The molecule has 3 aromatic rings. The van der Waals surface area contributed by atoms with Gasteiger partial charge in [0.15, 0.2) is 11.5 Å². The van der Waals surface area contributed by atoms with E-state index in [1.54, 1.807) is 36.4 Å². The van der Waals surface area contributed by atoms with Gasteiger partial charge in [-0.2, -0.15) is 0 Å². The van der Waals surface area contributed by atoms with E-state index < -0.39 is 10.9 Å². The van der Waals surface area contributed by atoms with Gasteiger partial charge in [-0.3, -0.25) is 14.9 Å². The predicted octanol–water partition coefficient (Wildman–Crippen LogP) is 6.43. The first-order chi connectivity index (χ1) is 15.4. The third-order valence-corrected chi connectivity index (χ3v) is 4.64. The molecule has 0 aliphatic carbocycles. The van der Waals surface area contributed by atoms with Crippen molar-refractivity contribution in [3.8, 4) is 28.7 Å². The van der Waals surface area contributed by atoms with E-state index in [1.165, 1.54) is 31.4 Å². The van der Waals surface area contributed by atoms with Crippen LogP contribution in [0.2, 0.25) is 10.0 Å². The van der Waals surface area contributed by atoms with Gasteiger partial charge in [0, 0.05) is 17.2 Å². The molecule has 10 heteroatoms. The molecule has 166 valence electrons. The molecule has 0 amide bonds. The van der Waals surface area contributed by atoms with Gasteiger partial charge >= 0.3 is 11.7 Å². The highest BCUT2D eigenvalue weighted by molar-refractivity contribution is 6.35. The lowest BCUT2D eigenvalue weighted by atomic mass is 10.2. The third kappa shape index (κ3) is 6.03. The fourth-order valence-electron chi connectivity index (χ4n) is 2.59. The lowest BCUT2D eigenvalue weighted by Crippen LogP contribution is -2.08. The Hall–Kier alpha value is -3.49. The van der Waals surface area contributed by atoms with Crippen LogP contribution in [0.4, 0.5) is 5.69 Å². The van der Waals surface area contributed by atoms with Gasteiger partial charge in [-0.15, -0.1) is 0 Å². The maximum atomic E-state index is 11.5. The van der Waals surface area contributed by atoms with Crippen LogP contribution in [0.15, 0.2) is 60.7 Å². The SMILES string of the molecule is COC(=O)CCOc1ccccc1Oc1cc(Oc2ccc(Cl)cc2Cl)ccc1[N+](=O)[O-]. The van der Waals surface area contributed by atoms with Crippen molar-refractivity contribution in [3.05, 3.63) is 80.8 Å². The van der Waals surface area contributed by atoms with Gasteiger partial charge in [0.2, 0.25) is 5.75 Å². The van der Waals surface area contributed by atoms with Crippen LogP contribution < -0.4 is 14.2 Å². The van der Waals surface area contributed by atoms with Gasteiger partial charge in [0.25, 0.3) is 0 Å². The van der Waals surface area contributed by atoms with E-state index in [0.29, 0.717) is 16.5 Å². The molecule has 3 aromatic carbocycles. The number of carbonyl (C=O) groups excluding carboxylic acids is 1. The minimum atomic E-state index is -0.574. The van der Waals surface area contributed by atoms with E-state index in [0.717, 1.165) is 0 Å². The van der Waals surface area contributed by atoms with E-state index in [2.05, 4.69) is 4.74 Å². The Morgan fingerprint density at radius 2 is 1.69 bits per heavy atom. The summed E-state index contributed by atoms with van der Waals surface area (Å²) in [5.74, 6) is 0.618. The minimum Gasteiger partial charge on any atom is -0.489 e. The molecule has 0 spiro atoms. The van der Waals surface area contributed by atoms with Crippen molar-refractivity contribution >= 4 is 34.9 Å². The van der Waals surface area contributed by atoms with Crippen molar-refractivity contribution in [3.63, 3.8) is 0 Å². The van der Waals surface area contributed by atoms with Crippen molar-refractivity contribution < 1.29 is 28.7 Å². The number of nitro benzene ring substituents is 1. The lowest BCUT2D eigenvalue weighted by molar-refractivity contribution is -0.385. The van der Waals surface area contributed by atoms with Gasteiger partial charge < -0.3 is 18.9 Å². The molecule has 0 unspecified atom stereocenters. The molecular formula is C22H17Cl2NO7. The molecule has 3 rings (SSSR count). The number of carbonyl (C=O) groups is 1. The predicted molar refractivity (Wildman–Crippen MR) is 118 cm³/mol. The van der Waals surface area contributed by atoms with Crippen LogP contribution in [0.1, 0.15) is 6.42 Å². The summed E-state index contributed by atoms with van der Waals surface area (Å²) >= 11 is 12.0. The zero-order valence-corrected chi connectivity index (χ0v) is 18.3. The van der Waals surface area contributed by atoms with Crippen LogP contribution in [-0.4, -0.2) is 24.6 Å². The fourth-order valence-corrected chi connectivity index (χ4v) is 3.04. The number of methoxy groups -OCH3 is 1. The maximum Gasteiger partial charge on any atom is 0.311 e. The highest BCUT2D eigenvalue weighted by Gasteiger charge is 2.19. The van der Waals surface area contributed by atoms with Gasteiger partial charge in [-0.25, -0.2) is 0 Å². The first kappa shape index (κ1) is 23.2. The summed E-state index contributed by atoms with van der Waals surface area (Å²) in [5.41, 5.74) is -0.274. The average Bonchev–Trinajstić information content (AvgIpc) is 2.76. The number of ether oxygens (including phenoxy) is 4. The van der Waals surface area contributed by atoms with Crippen LogP contribution in [0.5, 0.6) is 28.7 Å². The Bertz CT molecular complexity index is 1140. The van der Waals surface area contributed by atoms with E-state index in [1.807, 2.05) is 0 Å². The number of para-hydroxylation sites is 2. The summed E-state index contributed by atoms with van der Waals surface area (Å²) < 4.78 is 21.7. The smallest absolute Gasteiger partial charge is 0.311 e. The third-order valence-electron chi connectivity index (χ3n) is 4.11. The first-order valence-corrected chi connectivity index (χ1v) is 10.0. The van der Waals surface area contributed by atoms with Crippen molar-refractivity contribution in [2.24, 2.45) is 0 Å². The minimum absolute atomic E-state index is 0.0379. The zero-order valence-electron chi connectivity index (χ0n) is 16.7. The second-order valence-electron chi connectivity index (χ2n) is 6.29. The molecule has 0 bridgehead atoms. The quantitative estimate of drug-likeness (QED) is 0.199. The molecule has 32 heavy (non-hydrogen) atoms. The fraction of sp³-hybridized carbons (Fsp3) is 0.136. The van der Waals surface area contributed by atoms with Crippen molar-refractivity contribution in [2.75, 3.05) is 13.7 Å². The van der Waals surface area contributed by atoms with Gasteiger partial charge in [-0.1, -0.05) is 35.3 Å². The van der Waals surface area contributed by atoms with Crippen LogP contribution >= 0.6 is 23.2 Å². The summed E-state index contributed by atoms with van der Waals surface area (Å²) in [6.45, 7) is 0.0490. The molecule has 0 N–H and O–H groups in total.